The number of thiazole rings is 1. The number of aromatic nitrogens is 3. The van der Waals surface area contributed by atoms with Gasteiger partial charge in [0.25, 0.3) is 5.56 Å². The number of amides is 1. The molecule has 0 fully saturated rings. The predicted molar refractivity (Wildman–Crippen MR) is 120 cm³/mol. The summed E-state index contributed by atoms with van der Waals surface area (Å²) in [6, 6.07) is 0. The number of rotatable bonds is 4. The fraction of sp³-hybridized carbons (Fsp3) is 0.524. The Hall–Kier alpha value is -2.10. The van der Waals surface area contributed by atoms with Gasteiger partial charge in [0.1, 0.15) is 10.7 Å². The van der Waals surface area contributed by atoms with Gasteiger partial charge in [-0.1, -0.05) is 6.92 Å². The average molecular weight is 444 g/mol. The van der Waals surface area contributed by atoms with E-state index in [1.165, 1.54) is 26.7 Å². The van der Waals surface area contributed by atoms with Crippen LogP contribution < -0.4 is 16.2 Å². The van der Waals surface area contributed by atoms with Crippen molar-refractivity contribution in [1.82, 2.24) is 20.3 Å². The first kappa shape index (κ1) is 19.8. The lowest BCUT2D eigenvalue weighted by Crippen LogP contribution is -2.29. The number of thiophene rings is 1. The predicted octanol–water partition coefficient (Wildman–Crippen LogP) is 3.48. The first-order chi connectivity index (χ1) is 14.3. The van der Waals surface area contributed by atoms with Crippen molar-refractivity contribution in [1.29, 1.82) is 0 Å². The van der Waals surface area contributed by atoms with Gasteiger partial charge in [-0.15, -0.1) is 22.7 Å². The van der Waals surface area contributed by atoms with Crippen LogP contribution in [-0.4, -0.2) is 20.9 Å². The number of nitrogens with zero attached hydrogens (tertiary/aromatic N) is 2. The molecule has 0 spiro atoms. The first-order valence-electron chi connectivity index (χ1n) is 10.4. The highest BCUT2D eigenvalue weighted by atomic mass is 32.1. The fourth-order valence-electron chi connectivity index (χ4n) is 4.32. The normalized spacial score (nSPS) is 19.6. The lowest BCUT2D eigenvalue weighted by atomic mass is 9.89. The molecule has 0 bridgehead atoms. The van der Waals surface area contributed by atoms with Gasteiger partial charge in [0.05, 0.1) is 16.6 Å². The minimum Gasteiger partial charge on any atom is -0.310 e. The number of carbonyl (C=O) groups excluding carboxylic acids is 1. The third-order valence-corrected chi connectivity index (χ3v) is 8.15. The van der Waals surface area contributed by atoms with E-state index in [1.54, 1.807) is 11.3 Å². The number of hydrogen-bond acceptors (Lipinski definition) is 7. The van der Waals surface area contributed by atoms with Gasteiger partial charge in [0.2, 0.25) is 5.91 Å². The molecule has 3 aromatic rings. The zero-order valence-corrected chi connectivity index (χ0v) is 19.0. The van der Waals surface area contributed by atoms with Crippen molar-refractivity contribution in [2.24, 2.45) is 5.92 Å². The van der Waals surface area contributed by atoms with Crippen LogP contribution in [0.2, 0.25) is 0 Å². The monoisotopic (exact) mass is 443 g/mol. The van der Waals surface area contributed by atoms with Crippen molar-refractivity contribution in [3.05, 3.63) is 37.2 Å². The molecular formula is C21H25N5O2S2. The second-order valence-corrected chi connectivity index (χ2v) is 11.0. The van der Waals surface area contributed by atoms with Gasteiger partial charge >= 0.3 is 0 Å². The van der Waals surface area contributed by atoms with Gasteiger partial charge < -0.3 is 15.6 Å². The molecule has 4 heterocycles. The molecule has 1 unspecified atom stereocenters. The van der Waals surface area contributed by atoms with E-state index in [0.717, 1.165) is 41.7 Å². The third-order valence-electron chi connectivity index (χ3n) is 6.03. The zero-order valence-electron chi connectivity index (χ0n) is 17.3. The fourth-order valence-corrected chi connectivity index (χ4v) is 6.80. The van der Waals surface area contributed by atoms with Crippen LogP contribution in [0.3, 0.4) is 0 Å². The van der Waals surface area contributed by atoms with E-state index in [-0.39, 0.29) is 23.4 Å². The maximum atomic E-state index is 12.7. The molecule has 3 aromatic heterocycles. The summed E-state index contributed by atoms with van der Waals surface area (Å²) in [7, 11) is 0. The summed E-state index contributed by atoms with van der Waals surface area (Å²) in [5.41, 5.74) is 1.95. The van der Waals surface area contributed by atoms with E-state index in [4.69, 9.17) is 0 Å². The van der Waals surface area contributed by atoms with Crippen LogP contribution >= 0.6 is 22.7 Å². The summed E-state index contributed by atoms with van der Waals surface area (Å²) in [5, 5.41) is 7.69. The number of fused-ring (bicyclic) bond motifs is 4. The maximum absolute atomic E-state index is 12.7. The van der Waals surface area contributed by atoms with Crippen molar-refractivity contribution < 1.29 is 4.79 Å². The van der Waals surface area contributed by atoms with Crippen LogP contribution in [-0.2, 0) is 36.1 Å². The summed E-state index contributed by atoms with van der Waals surface area (Å²) in [6.45, 7) is 7.21. The van der Waals surface area contributed by atoms with E-state index < -0.39 is 0 Å². The molecule has 7 nitrogen and oxygen atoms in total. The molecule has 5 rings (SSSR count). The molecule has 9 heteroatoms. The average Bonchev–Trinajstić information content (AvgIpc) is 3.32. The Balaban J connectivity index is 1.28. The molecular weight excluding hydrogens is 418 g/mol. The van der Waals surface area contributed by atoms with Crippen LogP contribution in [0, 0.1) is 5.92 Å². The summed E-state index contributed by atoms with van der Waals surface area (Å²) < 4.78 is 0. The quantitative estimate of drug-likeness (QED) is 0.573. The molecule has 0 saturated heterocycles. The van der Waals surface area contributed by atoms with Crippen LogP contribution in [0.25, 0.3) is 10.2 Å². The Morgan fingerprint density at radius 2 is 2.10 bits per heavy atom. The minimum atomic E-state index is -0.161. The van der Waals surface area contributed by atoms with E-state index in [2.05, 4.69) is 46.4 Å². The van der Waals surface area contributed by atoms with Gasteiger partial charge in [-0.25, -0.2) is 9.97 Å². The highest BCUT2D eigenvalue weighted by molar-refractivity contribution is 7.18. The summed E-state index contributed by atoms with van der Waals surface area (Å²) >= 11 is 3.15. The molecule has 0 aromatic carbocycles. The Morgan fingerprint density at radius 3 is 2.90 bits per heavy atom. The second-order valence-electron chi connectivity index (χ2n) is 8.86. The van der Waals surface area contributed by atoms with E-state index in [0.29, 0.717) is 23.3 Å². The topological polar surface area (TPSA) is 99.8 Å². The van der Waals surface area contributed by atoms with Gasteiger partial charge in [-0.05, 0) is 44.6 Å². The molecule has 158 valence electrons. The molecule has 2 aliphatic rings. The highest BCUT2D eigenvalue weighted by Crippen LogP contribution is 2.36. The molecule has 0 radical (unpaired) electrons. The maximum Gasteiger partial charge on any atom is 0.259 e. The molecule has 30 heavy (non-hydrogen) atoms. The Labute approximate surface area is 182 Å². The van der Waals surface area contributed by atoms with Crippen molar-refractivity contribution in [3.8, 4) is 0 Å². The van der Waals surface area contributed by atoms with E-state index >= 15 is 0 Å². The van der Waals surface area contributed by atoms with Gasteiger partial charge in [-0.3, -0.25) is 9.59 Å². The summed E-state index contributed by atoms with van der Waals surface area (Å²) in [5.74, 6) is 1.11. The number of aryl methyl sites for hydroxylation is 2. The highest BCUT2D eigenvalue weighted by Gasteiger charge is 2.33. The first-order valence-corrected chi connectivity index (χ1v) is 12.0. The van der Waals surface area contributed by atoms with Crippen LogP contribution in [0.15, 0.2) is 4.79 Å². The summed E-state index contributed by atoms with van der Waals surface area (Å²) in [4.78, 5) is 40.6. The molecule has 3 N–H and O–H groups in total. The molecule has 1 atom stereocenters. The third kappa shape index (κ3) is 3.48. The number of anilines is 1. The Morgan fingerprint density at radius 1 is 1.27 bits per heavy atom. The largest absolute Gasteiger partial charge is 0.310 e. The van der Waals surface area contributed by atoms with Crippen LogP contribution in [0.4, 0.5) is 5.13 Å². The lowest BCUT2D eigenvalue weighted by molar-refractivity contribution is -0.116. The molecule has 1 aliphatic heterocycles. The standard InChI is InChI=1S/C21H25N5O2S2/c1-10-4-5-11-12(8-10)29-19-16(11)18(28)23-14(24-19)6-7-15(27)25-20-26-17-13(30-20)9-22-21(17,2)3/h10,22H,4-9H2,1-3H3,(H,23,24,28)(H,25,26,27). The van der Waals surface area contributed by atoms with E-state index in [9.17, 15) is 9.59 Å². The number of H-pyrrole nitrogens is 1. The Kier molecular flexibility index (Phi) is 4.79. The van der Waals surface area contributed by atoms with Gasteiger partial charge in [0, 0.05) is 29.1 Å². The lowest BCUT2D eigenvalue weighted by Gasteiger charge is -2.17. The number of aromatic amines is 1. The van der Waals surface area contributed by atoms with Gasteiger partial charge in [0.15, 0.2) is 5.13 Å². The van der Waals surface area contributed by atoms with Crippen molar-refractivity contribution in [3.63, 3.8) is 0 Å². The SMILES string of the molecule is CC1CCc2c(sc3nc(CCC(=O)Nc4nc5c(s4)CNC5(C)C)[nH]c(=O)c23)C1. The zero-order chi connectivity index (χ0) is 21.0. The number of carbonyl (C=O) groups is 1. The van der Waals surface area contributed by atoms with Crippen molar-refractivity contribution in [2.75, 3.05) is 5.32 Å². The Bertz CT molecular complexity index is 1210. The number of nitrogens with one attached hydrogen (secondary N) is 3. The van der Waals surface area contributed by atoms with Crippen LogP contribution in [0.1, 0.15) is 60.4 Å². The van der Waals surface area contributed by atoms with Gasteiger partial charge in [-0.2, -0.15) is 0 Å². The second kappa shape index (κ2) is 7.25. The molecule has 1 aliphatic carbocycles. The minimum absolute atomic E-state index is 0.0754. The number of hydrogen-bond donors (Lipinski definition) is 3. The molecule has 1 amide bonds. The smallest absolute Gasteiger partial charge is 0.259 e. The van der Waals surface area contributed by atoms with Crippen LogP contribution in [0.5, 0.6) is 0 Å². The van der Waals surface area contributed by atoms with Crippen molar-refractivity contribution in [2.45, 2.75) is 65.0 Å². The molecule has 0 saturated carbocycles. The summed E-state index contributed by atoms with van der Waals surface area (Å²) in [6.07, 6.45) is 3.75. The van der Waals surface area contributed by atoms with E-state index in [1.807, 2.05) is 0 Å². The van der Waals surface area contributed by atoms with Crippen molar-refractivity contribution >= 4 is 43.9 Å².